The molecule has 0 unspecified atom stereocenters. The molecule has 4 heteroatoms. The number of fused-ring (bicyclic) bond motifs is 5. The zero-order valence-electron chi connectivity index (χ0n) is 30.8. The van der Waals surface area contributed by atoms with Gasteiger partial charge in [-0.2, -0.15) is 0 Å². The van der Waals surface area contributed by atoms with Gasteiger partial charge in [0.2, 0.25) is 5.89 Å². The molecule has 0 aliphatic heterocycles. The fraction of sp³-hybridized carbons (Fsp3) is 0. The highest BCUT2D eigenvalue weighted by Crippen LogP contribution is 2.42. The summed E-state index contributed by atoms with van der Waals surface area (Å²) < 4.78 is 12.9. The molecule has 0 N–H and O–H groups in total. The van der Waals surface area contributed by atoms with Crippen LogP contribution in [0.3, 0.4) is 0 Å². The molecule has 11 rings (SSSR count). The Balaban J connectivity index is 0.954. The van der Waals surface area contributed by atoms with Gasteiger partial charge >= 0.3 is 0 Å². The van der Waals surface area contributed by atoms with Crippen LogP contribution in [-0.4, -0.2) is 4.98 Å². The third kappa shape index (κ3) is 5.74. The first-order valence-electron chi connectivity index (χ1n) is 19.2. The fourth-order valence-corrected chi connectivity index (χ4v) is 8.17. The molecule has 0 aliphatic rings. The van der Waals surface area contributed by atoms with Gasteiger partial charge < -0.3 is 13.7 Å². The van der Waals surface area contributed by atoms with Crippen molar-refractivity contribution in [3.05, 3.63) is 206 Å². The van der Waals surface area contributed by atoms with Crippen LogP contribution in [-0.2, 0) is 0 Å². The molecule has 0 amide bonds. The average Bonchev–Trinajstić information content (AvgIpc) is 3.89. The van der Waals surface area contributed by atoms with Crippen LogP contribution in [0.2, 0.25) is 0 Å². The summed E-state index contributed by atoms with van der Waals surface area (Å²) >= 11 is 0. The van der Waals surface area contributed by atoms with Gasteiger partial charge in [-0.05, 0) is 105 Å². The van der Waals surface area contributed by atoms with Crippen molar-refractivity contribution >= 4 is 60.9 Å². The lowest BCUT2D eigenvalue weighted by atomic mass is 9.94. The standard InChI is InChI=1S/C53H34N2O2/c1-3-12-35(13-4-1)36-22-27-40(28-23-36)55(39-14-5-2-6-15-39)41-29-24-37(25-30-41)43-18-11-19-46-48-34-38(26-33-50(48)56-52(43)46)42-31-32-47(45-17-8-7-16-44(42)45)53-54-49-20-9-10-21-51(49)57-53/h1-34H. The van der Waals surface area contributed by atoms with Gasteiger partial charge in [-0.15, -0.1) is 0 Å². The van der Waals surface area contributed by atoms with Gasteiger partial charge in [0.15, 0.2) is 5.58 Å². The van der Waals surface area contributed by atoms with E-state index >= 15 is 0 Å². The molecule has 0 atom stereocenters. The smallest absolute Gasteiger partial charge is 0.227 e. The number of oxazole rings is 1. The number of hydrogen-bond donors (Lipinski definition) is 0. The van der Waals surface area contributed by atoms with Crippen LogP contribution in [0.25, 0.3) is 88.6 Å². The van der Waals surface area contributed by atoms with Crippen molar-refractivity contribution in [3.63, 3.8) is 0 Å². The first-order valence-corrected chi connectivity index (χ1v) is 19.2. The quantitative estimate of drug-likeness (QED) is 0.164. The predicted molar refractivity (Wildman–Crippen MR) is 235 cm³/mol. The van der Waals surface area contributed by atoms with Gasteiger partial charge in [0.1, 0.15) is 16.7 Å². The Morgan fingerprint density at radius 2 is 0.912 bits per heavy atom. The highest BCUT2D eigenvalue weighted by Gasteiger charge is 2.18. The Morgan fingerprint density at radius 3 is 1.67 bits per heavy atom. The van der Waals surface area contributed by atoms with Crippen molar-refractivity contribution in [2.24, 2.45) is 0 Å². The topological polar surface area (TPSA) is 42.4 Å². The molecular weight excluding hydrogens is 697 g/mol. The van der Waals surface area contributed by atoms with Crippen LogP contribution in [0.15, 0.2) is 215 Å². The lowest BCUT2D eigenvalue weighted by Crippen LogP contribution is -2.09. The summed E-state index contributed by atoms with van der Waals surface area (Å²) in [6.07, 6.45) is 0. The molecule has 0 spiro atoms. The molecule has 11 aromatic rings. The van der Waals surface area contributed by atoms with E-state index in [4.69, 9.17) is 13.8 Å². The highest BCUT2D eigenvalue weighted by atomic mass is 16.3. The van der Waals surface area contributed by atoms with E-state index in [0.717, 1.165) is 88.7 Å². The maximum atomic E-state index is 6.66. The molecule has 4 nitrogen and oxygen atoms in total. The van der Waals surface area contributed by atoms with Gasteiger partial charge in [0, 0.05) is 39.0 Å². The van der Waals surface area contributed by atoms with Gasteiger partial charge in [0.25, 0.3) is 0 Å². The number of nitrogens with zero attached hydrogens (tertiary/aromatic N) is 2. The number of hydrogen-bond acceptors (Lipinski definition) is 4. The second-order valence-electron chi connectivity index (χ2n) is 14.3. The molecule has 2 heterocycles. The van der Waals surface area contributed by atoms with E-state index in [2.05, 4.69) is 187 Å². The van der Waals surface area contributed by atoms with Crippen molar-refractivity contribution in [1.82, 2.24) is 4.98 Å². The lowest BCUT2D eigenvalue weighted by molar-refractivity contribution is 0.620. The molecule has 0 aliphatic carbocycles. The van der Waals surface area contributed by atoms with Gasteiger partial charge in [-0.25, -0.2) is 4.98 Å². The minimum atomic E-state index is 0.626. The summed E-state index contributed by atoms with van der Waals surface area (Å²) in [4.78, 5) is 7.11. The number of rotatable bonds is 7. The Hall–Kier alpha value is -7.69. The molecule has 0 bridgehead atoms. The third-order valence-electron chi connectivity index (χ3n) is 10.9. The summed E-state index contributed by atoms with van der Waals surface area (Å²) in [5.41, 5.74) is 14.4. The maximum absolute atomic E-state index is 6.66. The second-order valence-corrected chi connectivity index (χ2v) is 14.3. The van der Waals surface area contributed by atoms with Crippen molar-refractivity contribution in [1.29, 1.82) is 0 Å². The lowest BCUT2D eigenvalue weighted by Gasteiger charge is -2.26. The van der Waals surface area contributed by atoms with Crippen molar-refractivity contribution < 1.29 is 8.83 Å². The van der Waals surface area contributed by atoms with Crippen LogP contribution in [0.5, 0.6) is 0 Å². The zero-order valence-corrected chi connectivity index (χ0v) is 30.8. The molecular formula is C53H34N2O2. The van der Waals surface area contributed by atoms with Crippen molar-refractivity contribution in [3.8, 4) is 44.8 Å². The van der Waals surface area contributed by atoms with Gasteiger partial charge in [-0.3, -0.25) is 0 Å². The zero-order chi connectivity index (χ0) is 37.7. The number of benzene rings is 9. The van der Waals surface area contributed by atoms with Crippen LogP contribution in [0, 0.1) is 0 Å². The Bertz CT molecular complexity index is 3180. The average molecular weight is 731 g/mol. The monoisotopic (exact) mass is 730 g/mol. The summed E-state index contributed by atoms with van der Waals surface area (Å²) in [6, 6.07) is 72.2. The Labute approximate surface area is 329 Å². The van der Waals surface area contributed by atoms with E-state index in [9.17, 15) is 0 Å². The minimum Gasteiger partial charge on any atom is -0.455 e. The van der Waals surface area contributed by atoms with Crippen LogP contribution in [0.4, 0.5) is 17.1 Å². The molecule has 0 radical (unpaired) electrons. The number of furan rings is 1. The minimum absolute atomic E-state index is 0.626. The number of para-hydroxylation sites is 4. The molecule has 0 saturated heterocycles. The normalized spacial score (nSPS) is 11.5. The molecule has 0 fully saturated rings. The Morgan fingerprint density at radius 1 is 0.333 bits per heavy atom. The second kappa shape index (κ2) is 13.6. The van der Waals surface area contributed by atoms with Crippen molar-refractivity contribution in [2.75, 3.05) is 4.90 Å². The van der Waals surface area contributed by atoms with Gasteiger partial charge in [0.05, 0.1) is 0 Å². The van der Waals surface area contributed by atoms with Gasteiger partial charge in [-0.1, -0.05) is 140 Å². The van der Waals surface area contributed by atoms with E-state index in [1.165, 1.54) is 11.1 Å². The van der Waals surface area contributed by atoms with Crippen LogP contribution < -0.4 is 4.90 Å². The SMILES string of the molecule is c1ccc(-c2ccc(N(c3ccccc3)c3ccc(-c4cccc5c4oc4ccc(-c6ccc(-c7nc8ccccc8o7)c7ccccc67)cc45)cc3)cc2)cc1. The molecule has 9 aromatic carbocycles. The molecule has 57 heavy (non-hydrogen) atoms. The van der Waals surface area contributed by atoms with E-state index in [1.807, 2.05) is 24.3 Å². The molecule has 2 aromatic heterocycles. The number of aromatic nitrogens is 1. The van der Waals surface area contributed by atoms with E-state index in [-0.39, 0.29) is 0 Å². The maximum Gasteiger partial charge on any atom is 0.227 e. The van der Waals surface area contributed by atoms with Crippen LogP contribution in [0.1, 0.15) is 0 Å². The summed E-state index contributed by atoms with van der Waals surface area (Å²) in [5.74, 6) is 0.626. The fourth-order valence-electron chi connectivity index (χ4n) is 8.17. The Kier molecular flexibility index (Phi) is 7.78. The van der Waals surface area contributed by atoms with Crippen LogP contribution >= 0.6 is 0 Å². The summed E-state index contributed by atoms with van der Waals surface area (Å²) in [7, 11) is 0. The van der Waals surface area contributed by atoms with Crippen molar-refractivity contribution in [2.45, 2.75) is 0 Å². The first kappa shape index (κ1) is 32.7. The summed E-state index contributed by atoms with van der Waals surface area (Å²) in [5, 5.41) is 4.41. The third-order valence-corrected chi connectivity index (χ3v) is 10.9. The highest BCUT2D eigenvalue weighted by molar-refractivity contribution is 6.12. The summed E-state index contributed by atoms with van der Waals surface area (Å²) in [6.45, 7) is 0. The molecule has 268 valence electrons. The molecule has 0 saturated carbocycles. The number of anilines is 3. The first-order chi connectivity index (χ1) is 28.2. The predicted octanol–water partition coefficient (Wildman–Crippen LogP) is 15.0. The van der Waals surface area contributed by atoms with E-state index in [1.54, 1.807) is 0 Å². The largest absolute Gasteiger partial charge is 0.455 e. The van der Waals surface area contributed by atoms with E-state index in [0.29, 0.717) is 5.89 Å². The van der Waals surface area contributed by atoms with E-state index < -0.39 is 0 Å².